The zero-order valence-electron chi connectivity index (χ0n) is 12.8. The summed E-state index contributed by atoms with van der Waals surface area (Å²) in [5.74, 6) is 1.23. The first-order valence-corrected chi connectivity index (χ1v) is 7.75. The molecule has 0 aliphatic carbocycles. The number of amides is 1. The van der Waals surface area contributed by atoms with E-state index in [9.17, 15) is 4.79 Å². The molecule has 7 heteroatoms. The van der Waals surface area contributed by atoms with Crippen LogP contribution in [0.1, 0.15) is 20.3 Å². The number of carbonyl (C=O) groups excluding carboxylic acids is 1. The molecule has 2 rings (SSSR count). The smallest absolute Gasteiger partial charge is 0.228 e. The molecule has 0 aliphatic rings. The maximum absolute atomic E-state index is 11.8. The van der Waals surface area contributed by atoms with Crippen LogP contribution in [-0.4, -0.2) is 35.1 Å². The van der Waals surface area contributed by atoms with Crippen molar-refractivity contribution in [2.45, 2.75) is 26.4 Å². The molecular weight excluding hydrogens is 302 g/mol. The van der Waals surface area contributed by atoms with Gasteiger partial charge in [0.2, 0.25) is 11.0 Å². The van der Waals surface area contributed by atoms with Gasteiger partial charge in [0, 0.05) is 17.1 Å². The van der Waals surface area contributed by atoms with Gasteiger partial charge in [-0.2, -0.15) is 9.36 Å². The van der Waals surface area contributed by atoms with Crippen LogP contribution in [0.25, 0.3) is 11.4 Å². The normalized spacial score (nSPS) is 10.7. The Bertz CT molecular complexity index is 611. The van der Waals surface area contributed by atoms with Gasteiger partial charge in [0.15, 0.2) is 5.82 Å². The number of benzene rings is 1. The minimum absolute atomic E-state index is 0.121. The molecule has 0 aliphatic heterocycles. The number of rotatable bonds is 7. The topological polar surface area (TPSA) is 73.3 Å². The molecule has 1 N–H and O–H groups in total. The molecule has 1 heterocycles. The van der Waals surface area contributed by atoms with Crippen molar-refractivity contribution in [2.24, 2.45) is 0 Å². The highest BCUT2D eigenvalue weighted by Crippen LogP contribution is 2.23. The van der Waals surface area contributed by atoms with Crippen molar-refractivity contribution in [2.75, 3.05) is 19.0 Å². The highest BCUT2D eigenvalue weighted by molar-refractivity contribution is 7.10. The SMILES string of the molecule is COc1ccc(-c2nsc(NC(=O)CCOC(C)C)n2)cc1. The lowest BCUT2D eigenvalue weighted by atomic mass is 10.2. The molecule has 0 saturated heterocycles. The van der Waals surface area contributed by atoms with E-state index in [0.29, 0.717) is 24.0 Å². The van der Waals surface area contributed by atoms with Crippen molar-refractivity contribution in [3.63, 3.8) is 0 Å². The van der Waals surface area contributed by atoms with E-state index in [2.05, 4.69) is 14.7 Å². The van der Waals surface area contributed by atoms with Gasteiger partial charge < -0.3 is 14.8 Å². The van der Waals surface area contributed by atoms with Crippen molar-refractivity contribution in [1.29, 1.82) is 0 Å². The van der Waals surface area contributed by atoms with Crippen LogP contribution in [0.3, 0.4) is 0 Å². The maximum Gasteiger partial charge on any atom is 0.228 e. The summed E-state index contributed by atoms with van der Waals surface area (Å²) in [6.45, 7) is 4.27. The molecule has 1 amide bonds. The summed E-state index contributed by atoms with van der Waals surface area (Å²) in [7, 11) is 1.62. The fourth-order valence-electron chi connectivity index (χ4n) is 1.70. The van der Waals surface area contributed by atoms with Gasteiger partial charge in [-0.1, -0.05) is 0 Å². The molecular formula is C15H19N3O3S. The number of ether oxygens (including phenoxy) is 2. The van der Waals surface area contributed by atoms with Gasteiger partial charge >= 0.3 is 0 Å². The van der Waals surface area contributed by atoms with Crippen molar-refractivity contribution in [1.82, 2.24) is 9.36 Å². The minimum Gasteiger partial charge on any atom is -0.497 e. The van der Waals surface area contributed by atoms with Crippen LogP contribution in [0.4, 0.5) is 5.13 Å². The van der Waals surface area contributed by atoms with Crippen LogP contribution in [0.2, 0.25) is 0 Å². The van der Waals surface area contributed by atoms with Gasteiger partial charge in [-0.15, -0.1) is 0 Å². The summed E-state index contributed by atoms with van der Waals surface area (Å²) in [6.07, 6.45) is 0.423. The standard InChI is InChI=1S/C15H19N3O3S/c1-10(2)21-9-8-13(19)16-15-17-14(18-22-15)11-4-6-12(20-3)7-5-11/h4-7,10H,8-9H2,1-3H3,(H,16,17,18,19). The molecule has 0 atom stereocenters. The molecule has 0 saturated carbocycles. The predicted octanol–water partition coefficient (Wildman–Crippen LogP) is 2.97. The zero-order chi connectivity index (χ0) is 15.9. The van der Waals surface area contributed by atoms with Gasteiger partial charge in [-0.3, -0.25) is 4.79 Å². The zero-order valence-corrected chi connectivity index (χ0v) is 13.6. The van der Waals surface area contributed by atoms with Crippen LogP contribution >= 0.6 is 11.5 Å². The van der Waals surface area contributed by atoms with Crippen LogP contribution in [0.5, 0.6) is 5.75 Å². The van der Waals surface area contributed by atoms with E-state index in [1.807, 2.05) is 38.1 Å². The third-order valence-corrected chi connectivity index (χ3v) is 3.43. The van der Waals surface area contributed by atoms with Crippen molar-refractivity contribution < 1.29 is 14.3 Å². The fourth-order valence-corrected chi connectivity index (χ4v) is 2.31. The molecule has 6 nitrogen and oxygen atoms in total. The minimum atomic E-state index is -0.127. The second kappa shape index (κ2) is 7.86. The van der Waals surface area contributed by atoms with Crippen LogP contribution in [0.15, 0.2) is 24.3 Å². The Morgan fingerprint density at radius 3 is 2.68 bits per heavy atom. The number of hydrogen-bond donors (Lipinski definition) is 1. The number of nitrogens with zero attached hydrogens (tertiary/aromatic N) is 2. The van der Waals surface area contributed by atoms with Gasteiger partial charge in [0.25, 0.3) is 0 Å². The van der Waals surface area contributed by atoms with E-state index in [1.54, 1.807) is 7.11 Å². The van der Waals surface area contributed by atoms with E-state index in [1.165, 1.54) is 0 Å². The molecule has 1 aromatic carbocycles. The number of carbonyl (C=O) groups is 1. The lowest BCUT2D eigenvalue weighted by Crippen LogP contribution is -2.15. The van der Waals surface area contributed by atoms with Crippen molar-refractivity contribution in [3.8, 4) is 17.1 Å². The lowest BCUT2D eigenvalue weighted by Gasteiger charge is -2.06. The second-order valence-electron chi connectivity index (χ2n) is 4.87. The van der Waals surface area contributed by atoms with E-state index in [-0.39, 0.29) is 12.0 Å². The summed E-state index contributed by atoms with van der Waals surface area (Å²) in [5, 5.41) is 3.22. The molecule has 1 aromatic heterocycles. The highest BCUT2D eigenvalue weighted by atomic mass is 32.1. The summed E-state index contributed by atoms with van der Waals surface area (Å²) < 4.78 is 14.7. The van der Waals surface area contributed by atoms with Crippen molar-refractivity contribution in [3.05, 3.63) is 24.3 Å². The van der Waals surface area contributed by atoms with E-state index >= 15 is 0 Å². The third-order valence-electron chi connectivity index (χ3n) is 2.80. The maximum atomic E-state index is 11.8. The number of aromatic nitrogens is 2. The third kappa shape index (κ3) is 4.78. The van der Waals surface area contributed by atoms with Gasteiger partial charge in [-0.05, 0) is 38.1 Å². The number of nitrogens with one attached hydrogen (secondary N) is 1. The molecule has 0 spiro atoms. The largest absolute Gasteiger partial charge is 0.497 e. The lowest BCUT2D eigenvalue weighted by molar-refractivity contribution is -0.117. The molecule has 0 unspecified atom stereocenters. The monoisotopic (exact) mass is 321 g/mol. The molecule has 118 valence electrons. The Balaban J connectivity index is 1.91. The number of methoxy groups -OCH3 is 1. The van der Waals surface area contributed by atoms with Crippen LogP contribution < -0.4 is 10.1 Å². The number of anilines is 1. The fraction of sp³-hybridized carbons (Fsp3) is 0.400. The molecule has 22 heavy (non-hydrogen) atoms. The van der Waals surface area contributed by atoms with Gasteiger partial charge in [-0.25, -0.2) is 0 Å². The number of hydrogen-bond acceptors (Lipinski definition) is 6. The van der Waals surface area contributed by atoms with E-state index in [4.69, 9.17) is 9.47 Å². The summed E-state index contributed by atoms with van der Waals surface area (Å²) in [4.78, 5) is 16.1. The summed E-state index contributed by atoms with van der Waals surface area (Å²) in [5.41, 5.74) is 0.876. The Hall–Kier alpha value is -1.99. The Kier molecular flexibility index (Phi) is 5.85. The molecule has 0 bridgehead atoms. The first kappa shape index (κ1) is 16.4. The van der Waals surface area contributed by atoms with Crippen LogP contribution in [-0.2, 0) is 9.53 Å². The average molecular weight is 321 g/mol. The van der Waals surface area contributed by atoms with Crippen LogP contribution in [0, 0.1) is 0 Å². The predicted molar refractivity (Wildman–Crippen MR) is 86.2 cm³/mol. The molecule has 0 fully saturated rings. The Morgan fingerprint density at radius 2 is 2.05 bits per heavy atom. The highest BCUT2D eigenvalue weighted by Gasteiger charge is 2.10. The Labute approximate surface area is 133 Å². The summed E-state index contributed by atoms with van der Waals surface area (Å²) in [6, 6.07) is 7.45. The molecule has 0 radical (unpaired) electrons. The first-order valence-electron chi connectivity index (χ1n) is 6.98. The van der Waals surface area contributed by atoms with Crippen molar-refractivity contribution >= 4 is 22.6 Å². The average Bonchev–Trinajstić information content (AvgIpc) is 2.95. The second-order valence-corrected chi connectivity index (χ2v) is 5.62. The van der Waals surface area contributed by atoms with Gasteiger partial charge in [0.05, 0.1) is 26.2 Å². The van der Waals surface area contributed by atoms with E-state index < -0.39 is 0 Å². The van der Waals surface area contributed by atoms with Gasteiger partial charge in [0.1, 0.15) is 5.75 Å². The molecule has 2 aromatic rings. The quantitative estimate of drug-likeness (QED) is 0.848. The summed E-state index contributed by atoms with van der Waals surface area (Å²) >= 11 is 1.16. The first-order chi connectivity index (χ1) is 10.6. The Morgan fingerprint density at radius 1 is 1.32 bits per heavy atom. The van der Waals surface area contributed by atoms with E-state index in [0.717, 1.165) is 22.8 Å².